The van der Waals surface area contributed by atoms with Gasteiger partial charge in [0, 0.05) is 11.3 Å². The Hall–Kier alpha value is 0.140. The Labute approximate surface area is 116 Å². The molecular formula is C14H21BrOS. The molecule has 0 unspecified atom stereocenters. The van der Waals surface area contributed by atoms with Gasteiger partial charge in [0.2, 0.25) is 0 Å². The summed E-state index contributed by atoms with van der Waals surface area (Å²) in [5.74, 6) is 1.57. The van der Waals surface area contributed by atoms with Crippen molar-refractivity contribution in [3.63, 3.8) is 0 Å². The molecule has 0 aliphatic heterocycles. The van der Waals surface area contributed by atoms with E-state index >= 15 is 0 Å². The van der Waals surface area contributed by atoms with Crippen LogP contribution in [-0.4, -0.2) is 10.7 Å². The molecular weight excluding hydrogens is 296 g/mol. The zero-order valence-electron chi connectivity index (χ0n) is 10.6. The maximum Gasteiger partial charge on any atom is 0.0701 e. The van der Waals surface area contributed by atoms with Crippen LogP contribution in [0.25, 0.3) is 0 Å². The van der Waals surface area contributed by atoms with Crippen LogP contribution in [-0.2, 0) is 6.42 Å². The molecule has 1 nitrogen and oxygen atoms in total. The highest BCUT2D eigenvalue weighted by molar-refractivity contribution is 9.11. The molecule has 1 heterocycles. The van der Waals surface area contributed by atoms with Crippen molar-refractivity contribution in [2.75, 3.05) is 0 Å². The molecule has 0 bridgehead atoms. The fourth-order valence-corrected chi connectivity index (χ4v) is 4.41. The molecule has 1 aliphatic carbocycles. The van der Waals surface area contributed by atoms with E-state index in [0.29, 0.717) is 0 Å². The molecule has 96 valence electrons. The van der Waals surface area contributed by atoms with E-state index < -0.39 is 5.60 Å². The van der Waals surface area contributed by atoms with Gasteiger partial charge in [0.25, 0.3) is 0 Å². The molecule has 0 aromatic carbocycles. The zero-order chi connectivity index (χ0) is 12.5. The van der Waals surface area contributed by atoms with Gasteiger partial charge in [-0.1, -0.05) is 13.8 Å². The maximum absolute atomic E-state index is 10.6. The lowest BCUT2D eigenvalue weighted by Crippen LogP contribution is -2.37. The van der Waals surface area contributed by atoms with Gasteiger partial charge in [-0.2, -0.15) is 0 Å². The van der Waals surface area contributed by atoms with E-state index in [1.807, 2.05) is 0 Å². The first-order chi connectivity index (χ1) is 7.98. The van der Waals surface area contributed by atoms with Crippen LogP contribution in [0.4, 0.5) is 0 Å². The molecule has 1 aromatic heterocycles. The Morgan fingerprint density at radius 1 is 1.41 bits per heavy atom. The Kier molecular flexibility index (Phi) is 4.32. The van der Waals surface area contributed by atoms with Crippen LogP contribution in [0.15, 0.2) is 15.9 Å². The van der Waals surface area contributed by atoms with E-state index in [1.54, 1.807) is 11.3 Å². The normalized spacial score (nSPS) is 29.8. The lowest BCUT2D eigenvalue weighted by molar-refractivity contribution is -0.0140. The first kappa shape index (κ1) is 13.6. The molecule has 1 fully saturated rings. The van der Waals surface area contributed by atoms with Crippen LogP contribution >= 0.6 is 27.3 Å². The molecule has 1 aromatic rings. The zero-order valence-corrected chi connectivity index (χ0v) is 13.0. The Bertz CT molecular complexity index is 364. The van der Waals surface area contributed by atoms with Crippen LogP contribution < -0.4 is 0 Å². The third kappa shape index (κ3) is 3.55. The second-order valence-electron chi connectivity index (χ2n) is 5.69. The van der Waals surface area contributed by atoms with Gasteiger partial charge in [-0.3, -0.25) is 0 Å². The molecule has 0 saturated heterocycles. The van der Waals surface area contributed by atoms with Gasteiger partial charge in [0.05, 0.1) is 9.39 Å². The number of thiophene rings is 1. The molecule has 0 atom stereocenters. The summed E-state index contributed by atoms with van der Waals surface area (Å²) >= 11 is 5.22. The van der Waals surface area contributed by atoms with Crippen LogP contribution in [0.2, 0.25) is 0 Å². The van der Waals surface area contributed by atoms with Crippen LogP contribution in [0, 0.1) is 11.8 Å². The molecule has 1 aliphatic rings. The van der Waals surface area contributed by atoms with E-state index in [-0.39, 0.29) is 0 Å². The van der Waals surface area contributed by atoms with Crippen LogP contribution in [0.1, 0.15) is 44.4 Å². The summed E-state index contributed by atoms with van der Waals surface area (Å²) in [4.78, 5) is 1.29. The standard InChI is InChI=1S/C14H21BrOS/c1-10(2)11-5-7-14(16,8-6-11)9-12-3-4-13(15)17-12/h3-4,10-11,16H,5-9H2,1-2H3. The number of rotatable bonds is 3. The van der Waals surface area contributed by atoms with Crippen LogP contribution in [0.3, 0.4) is 0 Å². The third-order valence-corrected chi connectivity index (χ3v) is 5.66. The SMILES string of the molecule is CC(C)C1CCC(O)(Cc2ccc(Br)s2)CC1. The minimum absolute atomic E-state index is 0.449. The van der Waals surface area contributed by atoms with Gasteiger partial charge in [-0.25, -0.2) is 0 Å². The van der Waals surface area contributed by atoms with Gasteiger partial charge in [0.15, 0.2) is 0 Å². The van der Waals surface area contributed by atoms with Gasteiger partial charge >= 0.3 is 0 Å². The summed E-state index contributed by atoms with van der Waals surface area (Å²) < 4.78 is 1.16. The van der Waals surface area contributed by atoms with Crippen molar-refractivity contribution in [1.82, 2.24) is 0 Å². The molecule has 3 heteroatoms. The Balaban J connectivity index is 1.93. The summed E-state index contributed by atoms with van der Waals surface area (Å²) in [6.45, 7) is 4.59. The molecule has 1 saturated carbocycles. The molecule has 1 N–H and O–H groups in total. The van der Waals surface area contributed by atoms with E-state index in [1.165, 1.54) is 17.7 Å². The second-order valence-corrected chi connectivity index (χ2v) is 8.24. The quantitative estimate of drug-likeness (QED) is 0.862. The lowest BCUT2D eigenvalue weighted by atomic mass is 9.73. The highest BCUT2D eigenvalue weighted by atomic mass is 79.9. The summed E-state index contributed by atoms with van der Waals surface area (Å²) in [5.41, 5.74) is -0.449. The molecule has 0 amide bonds. The smallest absolute Gasteiger partial charge is 0.0701 e. The summed E-state index contributed by atoms with van der Waals surface area (Å²) in [6.07, 6.45) is 5.12. The fourth-order valence-electron chi connectivity index (χ4n) is 2.79. The van der Waals surface area contributed by atoms with E-state index in [0.717, 1.165) is 34.9 Å². The number of hydrogen-bond donors (Lipinski definition) is 1. The Morgan fingerprint density at radius 2 is 2.06 bits per heavy atom. The first-order valence-electron chi connectivity index (χ1n) is 6.45. The number of hydrogen-bond acceptors (Lipinski definition) is 2. The summed E-state index contributed by atoms with van der Waals surface area (Å²) in [7, 11) is 0. The van der Waals surface area contributed by atoms with E-state index in [9.17, 15) is 5.11 Å². The minimum Gasteiger partial charge on any atom is -0.390 e. The molecule has 17 heavy (non-hydrogen) atoms. The lowest BCUT2D eigenvalue weighted by Gasteiger charge is -2.37. The van der Waals surface area contributed by atoms with Crippen molar-refractivity contribution >= 4 is 27.3 Å². The average molecular weight is 317 g/mol. The van der Waals surface area contributed by atoms with Gasteiger partial charge in [-0.15, -0.1) is 11.3 Å². The van der Waals surface area contributed by atoms with Crippen molar-refractivity contribution < 1.29 is 5.11 Å². The minimum atomic E-state index is -0.449. The van der Waals surface area contributed by atoms with Gasteiger partial charge in [-0.05, 0) is 65.6 Å². The topological polar surface area (TPSA) is 20.2 Å². The summed E-state index contributed by atoms with van der Waals surface area (Å²) in [6, 6.07) is 4.20. The third-order valence-electron chi connectivity index (χ3n) is 4.04. The van der Waals surface area contributed by atoms with E-state index in [2.05, 4.69) is 41.9 Å². The van der Waals surface area contributed by atoms with Crippen molar-refractivity contribution in [2.24, 2.45) is 11.8 Å². The number of halogens is 1. The van der Waals surface area contributed by atoms with Crippen LogP contribution in [0.5, 0.6) is 0 Å². The maximum atomic E-state index is 10.6. The number of aliphatic hydroxyl groups is 1. The first-order valence-corrected chi connectivity index (χ1v) is 8.06. The monoisotopic (exact) mass is 316 g/mol. The molecule has 0 spiro atoms. The largest absolute Gasteiger partial charge is 0.390 e. The highest BCUT2D eigenvalue weighted by Crippen LogP contribution is 2.38. The van der Waals surface area contributed by atoms with Gasteiger partial charge in [0.1, 0.15) is 0 Å². The fraction of sp³-hybridized carbons (Fsp3) is 0.714. The predicted octanol–water partition coefficient (Wildman–Crippen LogP) is 4.63. The highest BCUT2D eigenvalue weighted by Gasteiger charge is 2.34. The average Bonchev–Trinajstić information content (AvgIpc) is 2.63. The predicted molar refractivity (Wildman–Crippen MR) is 77.5 cm³/mol. The molecule has 2 rings (SSSR count). The van der Waals surface area contributed by atoms with Gasteiger partial charge < -0.3 is 5.11 Å². The van der Waals surface area contributed by atoms with Crippen molar-refractivity contribution in [2.45, 2.75) is 51.6 Å². The summed E-state index contributed by atoms with van der Waals surface area (Å²) in [5, 5.41) is 10.6. The molecule has 0 radical (unpaired) electrons. The van der Waals surface area contributed by atoms with E-state index in [4.69, 9.17) is 0 Å². The Morgan fingerprint density at radius 3 is 2.53 bits per heavy atom. The van der Waals surface area contributed by atoms with Crippen molar-refractivity contribution in [1.29, 1.82) is 0 Å². The van der Waals surface area contributed by atoms with Crippen molar-refractivity contribution in [3.8, 4) is 0 Å². The second kappa shape index (κ2) is 5.41. The van der Waals surface area contributed by atoms with Crippen molar-refractivity contribution in [3.05, 3.63) is 20.8 Å².